The van der Waals surface area contributed by atoms with Crippen molar-refractivity contribution in [3.63, 3.8) is 0 Å². The number of nitrogens with zero attached hydrogens (tertiary/aromatic N) is 1. The normalized spacial score (nSPS) is 16.1. The van der Waals surface area contributed by atoms with E-state index in [1.807, 2.05) is 0 Å². The lowest BCUT2D eigenvalue weighted by Gasteiger charge is -2.11. The number of benzene rings is 1. The van der Waals surface area contributed by atoms with Gasteiger partial charge in [-0.1, -0.05) is 46.7 Å². The van der Waals surface area contributed by atoms with Crippen molar-refractivity contribution in [2.45, 2.75) is 5.56 Å². The molecular formula is C8H7ClNO4P. The summed E-state index contributed by atoms with van der Waals surface area (Å²) in [7, 11) is -4.34. The zero-order chi connectivity index (χ0) is 11.3. The molecular weight excluding hydrogens is 241 g/mol. The van der Waals surface area contributed by atoms with Crippen molar-refractivity contribution >= 4 is 25.4 Å². The van der Waals surface area contributed by atoms with Gasteiger partial charge in [-0.15, -0.1) is 0 Å². The lowest BCUT2D eigenvalue weighted by molar-refractivity contribution is 0.238. The van der Waals surface area contributed by atoms with Gasteiger partial charge in [-0.05, 0) is 5.56 Å². The molecule has 0 saturated heterocycles. The van der Waals surface area contributed by atoms with Crippen LogP contribution in [0.2, 0.25) is 0 Å². The van der Waals surface area contributed by atoms with Crippen LogP contribution in [0.5, 0.6) is 0 Å². The first kappa shape index (κ1) is 12.1. The zero-order valence-corrected chi connectivity index (χ0v) is 9.06. The molecule has 0 aliphatic rings. The van der Waals surface area contributed by atoms with E-state index in [9.17, 15) is 9.36 Å². The molecule has 0 aliphatic carbocycles. The number of alkyl halides is 1. The second kappa shape index (κ2) is 5.21. The van der Waals surface area contributed by atoms with Gasteiger partial charge < -0.3 is 4.89 Å². The van der Waals surface area contributed by atoms with Crippen LogP contribution in [-0.2, 0) is 13.9 Å². The molecule has 15 heavy (non-hydrogen) atoms. The fourth-order valence-electron chi connectivity index (χ4n) is 0.861. The van der Waals surface area contributed by atoms with Gasteiger partial charge >= 0.3 is 7.75 Å². The summed E-state index contributed by atoms with van der Waals surface area (Å²) >= 11 is 5.68. The Morgan fingerprint density at radius 1 is 1.47 bits per heavy atom. The maximum Gasteiger partial charge on any atom is 0.463 e. The third kappa shape index (κ3) is 3.96. The first-order valence-electron chi connectivity index (χ1n) is 3.85. The summed E-state index contributed by atoms with van der Waals surface area (Å²) in [5.41, 5.74) is -0.645. The van der Waals surface area contributed by atoms with E-state index in [4.69, 9.17) is 16.5 Å². The predicted octanol–water partition coefficient (Wildman–Crippen LogP) is 2.38. The van der Waals surface area contributed by atoms with Gasteiger partial charge in [0, 0.05) is 0 Å². The molecule has 0 bridgehead atoms. The van der Waals surface area contributed by atoms with Crippen molar-refractivity contribution in [1.82, 2.24) is 0 Å². The Balaban J connectivity index is 2.76. The number of halogens is 1. The summed E-state index contributed by atoms with van der Waals surface area (Å²) in [5, 5.41) is 0. The van der Waals surface area contributed by atoms with Crippen LogP contribution < -0.4 is 0 Å². The fourth-order valence-corrected chi connectivity index (χ4v) is 1.83. The van der Waals surface area contributed by atoms with Gasteiger partial charge in [0.05, 0.1) is 0 Å². The van der Waals surface area contributed by atoms with E-state index >= 15 is 0 Å². The number of hydrogen-bond donors (Lipinski definition) is 1. The maximum absolute atomic E-state index is 11.0. The Morgan fingerprint density at radius 2 is 2.07 bits per heavy atom. The molecule has 2 atom stereocenters. The highest BCUT2D eigenvalue weighted by molar-refractivity contribution is 7.51. The van der Waals surface area contributed by atoms with Crippen molar-refractivity contribution in [3.8, 4) is 0 Å². The Labute approximate surface area is 90.9 Å². The van der Waals surface area contributed by atoms with Gasteiger partial charge in [0.2, 0.25) is 6.08 Å². The molecule has 0 aliphatic heterocycles. The van der Waals surface area contributed by atoms with E-state index < -0.39 is 13.3 Å². The summed E-state index contributed by atoms with van der Waals surface area (Å²) in [6.45, 7) is 0. The van der Waals surface area contributed by atoms with Gasteiger partial charge in [-0.3, -0.25) is 4.52 Å². The molecule has 7 heteroatoms. The van der Waals surface area contributed by atoms with E-state index in [1.165, 1.54) is 0 Å². The molecule has 1 aromatic carbocycles. The third-order valence-corrected chi connectivity index (χ3v) is 2.74. The Morgan fingerprint density at radius 3 is 2.60 bits per heavy atom. The van der Waals surface area contributed by atoms with Crippen LogP contribution in [0.1, 0.15) is 11.1 Å². The predicted molar refractivity (Wildman–Crippen MR) is 54.1 cm³/mol. The monoisotopic (exact) mass is 247 g/mol. The van der Waals surface area contributed by atoms with Gasteiger partial charge in [0.15, 0.2) is 5.56 Å². The lowest BCUT2D eigenvalue weighted by Crippen LogP contribution is -1.94. The van der Waals surface area contributed by atoms with Gasteiger partial charge in [0.1, 0.15) is 0 Å². The molecule has 80 valence electrons. The molecule has 0 heterocycles. The number of rotatable bonds is 4. The minimum atomic E-state index is -4.34. The van der Waals surface area contributed by atoms with Crippen LogP contribution in [-0.4, -0.2) is 11.0 Å². The first-order chi connectivity index (χ1) is 7.05. The molecule has 0 aromatic heterocycles. The second-order valence-corrected chi connectivity index (χ2v) is 4.30. The van der Waals surface area contributed by atoms with Crippen LogP contribution in [0.4, 0.5) is 0 Å². The van der Waals surface area contributed by atoms with Gasteiger partial charge in [0.25, 0.3) is 0 Å². The Hall–Kier alpha value is -0.960. The highest BCUT2D eigenvalue weighted by Crippen LogP contribution is 2.48. The molecule has 5 nitrogen and oxygen atoms in total. The van der Waals surface area contributed by atoms with Crippen molar-refractivity contribution in [3.05, 3.63) is 35.9 Å². The van der Waals surface area contributed by atoms with Crippen LogP contribution >= 0.6 is 19.3 Å². The summed E-state index contributed by atoms with van der Waals surface area (Å²) < 4.78 is 18.1. The molecule has 1 N–H and O–H groups in total. The third-order valence-electron chi connectivity index (χ3n) is 1.46. The molecule has 2 unspecified atom stereocenters. The molecule has 0 fully saturated rings. The SMILES string of the molecule is O=C=NP(=O)(O)OC(Cl)c1ccccc1. The van der Waals surface area contributed by atoms with E-state index in [-0.39, 0.29) is 0 Å². The molecule has 0 amide bonds. The summed E-state index contributed by atoms with van der Waals surface area (Å²) in [5.74, 6) is 0. The number of hydrogen-bond acceptors (Lipinski definition) is 3. The highest BCUT2D eigenvalue weighted by atomic mass is 35.5. The molecule has 0 spiro atoms. The summed E-state index contributed by atoms with van der Waals surface area (Å²) in [4.78, 5) is 18.8. The van der Waals surface area contributed by atoms with Gasteiger partial charge in [-0.2, -0.15) is 0 Å². The highest BCUT2D eigenvalue weighted by Gasteiger charge is 2.24. The van der Waals surface area contributed by atoms with Crippen molar-refractivity contribution in [2.75, 3.05) is 0 Å². The first-order valence-corrected chi connectivity index (χ1v) is 5.81. The fraction of sp³-hybridized carbons (Fsp3) is 0.125. The van der Waals surface area contributed by atoms with Crippen LogP contribution in [0, 0.1) is 0 Å². The Bertz CT molecular complexity index is 418. The van der Waals surface area contributed by atoms with Crippen molar-refractivity contribution in [1.29, 1.82) is 0 Å². The topological polar surface area (TPSA) is 76.0 Å². The second-order valence-electron chi connectivity index (χ2n) is 2.51. The van der Waals surface area contributed by atoms with Crippen LogP contribution in [0.3, 0.4) is 0 Å². The van der Waals surface area contributed by atoms with Crippen LogP contribution in [0.15, 0.2) is 35.1 Å². The largest absolute Gasteiger partial charge is 0.463 e. The smallest absolute Gasteiger partial charge is 0.306 e. The van der Waals surface area contributed by atoms with Crippen LogP contribution in [0.25, 0.3) is 0 Å². The molecule has 1 aromatic rings. The maximum atomic E-state index is 11.0. The molecule has 0 saturated carbocycles. The molecule has 0 radical (unpaired) electrons. The number of isocyanates is 1. The van der Waals surface area contributed by atoms with Gasteiger partial charge in [-0.25, -0.2) is 9.36 Å². The standard InChI is InChI=1S/C8H7ClNO4P/c9-8(7-4-2-1-3-5-7)14-15(12,13)10-6-11/h1-5,8H,(H,12,13). The van der Waals surface area contributed by atoms with E-state index in [2.05, 4.69) is 9.29 Å². The minimum absolute atomic E-state index is 0.495. The average Bonchev–Trinajstić information content (AvgIpc) is 2.18. The quantitative estimate of drug-likeness (QED) is 0.384. The molecule has 1 rings (SSSR count). The van der Waals surface area contributed by atoms with Crippen molar-refractivity contribution in [2.24, 2.45) is 4.76 Å². The van der Waals surface area contributed by atoms with E-state index in [0.29, 0.717) is 5.56 Å². The minimum Gasteiger partial charge on any atom is -0.306 e. The van der Waals surface area contributed by atoms with Crippen molar-refractivity contribution < 1.29 is 18.8 Å². The number of carbonyl (C=O) groups excluding carboxylic acids is 1. The summed E-state index contributed by atoms with van der Waals surface area (Å²) in [6.07, 6.45) is 0.943. The Kier molecular flexibility index (Phi) is 4.21. The lowest BCUT2D eigenvalue weighted by atomic mass is 10.2. The summed E-state index contributed by atoms with van der Waals surface area (Å²) in [6, 6.07) is 8.37. The van der Waals surface area contributed by atoms with E-state index in [0.717, 1.165) is 6.08 Å². The van der Waals surface area contributed by atoms with E-state index in [1.54, 1.807) is 30.3 Å². The zero-order valence-electron chi connectivity index (χ0n) is 7.41. The average molecular weight is 248 g/mol.